The molecule has 0 bridgehead atoms. The lowest BCUT2D eigenvalue weighted by atomic mass is 9.99. The average Bonchev–Trinajstić information content (AvgIpc) is 2.13. The predicted octanol–water partition coefficient (Wildman–Crippen LogP) is 2.09. The van der Waals surface area contributed by atoms with Gasteiger partial charge in [0.25, 0.3) is 0 Å². The van der Waals surface area contributed by atoms with E-state index in [0.717, 1.165) is 25.7 Å². The van der Waals surface area contributed by atoms with Gasteiger partial charge in [0.2, 0.25) is 0 Å². The van der Waals surface area contributed by atoms with Crippen LogP contribution in [0.25, 0.3) is 0 Å². The zero-order valence-electron chi connectivity index (χ0n) is 9.34. The first kappa shape index (κ1) is 13.5. The monoisotopic (exact) mass is 198 g/mol. The Kier molecular flexibility index (Phi) is 7.55. The average molecular weight is 198 g/mol. The molecule has 0 aliphatic heterocycles. The summed E-state index contributed by atoms with van der Waals surface area (Å²) in [6, 6.07) is 0. The molecule has 0 aliphatic rings. The van der Waals surface area contributed by atoms with Gasteiger partial charge in [-0.25, -0.2) is 0 Å². The maximum Gasteiger partial charge on any atom is 0.122 e. The second-order valence-electron chi connectivity index (χ2n) is 3.86. The lowest BCUT2D eigenvalue weighted by Crippen LogP contribution is -2.21. The Morgan fingerprint density at radius 3 is 2.50 bits per heavy atom. The summed E-state index contributed by atoms with van der Waals surface area (Å²) in [6.07, 6.45) is 5.44. The first-order valence-electron chi connectivity index (χ1n) is 5.45. The van der Waals surface area contributed by atoms with Crippen LogP contribution >= 0.6 is 0 Å². The summed E-state index contributed by atoms with van der Waals surface area (Å²) in [6.45, 7) is 4.07. The van der Waals surface area contributed by atoms with Gasteiger partial charge in [0.15, 0.2) is 0 Å². The lowest BCUT2D eigenvalue weighted by Gasteiger charge is -2.15. The molecule has 2 nitrogen and oxygen atoms in total. The van der Waals surface area contributed by atoms with E-state index in [2.05, 4.69) is 18.8 Å². The van der Waals surface area contributed by atoms with Crippen molar-refractivity contribution in [2.75, 3.05) is 6.61 Å². The molecule has 2 N–H and O–H groups in total. The van der Waals surface area contributed by atoms with E-state index in [9.17, 15) is 5.11 Å². The molecule has 0 aliphatic carbocycles. The molecule has 0 heterocycles. The zero-order valence-corrected chi connectivity index (χ0v) is 9.34. The van der Waals surface area contributed by atoms with Crippen LogP contribution in [0.15, 0.2) is 0 Å². The van der Waals surface area contributed by atoms with Crippen LogP contribution < -0.4 is 0 Å². The van der Waals surface area contributed by atoms with E-state index in [1.807, 2.05) is 0 Å². The summed E-state index contributed by atoms with van der Waals surface area (Å²) < 4.78 is 0. The molecular weight excluding hydrogens is 176 g/mol. The van der Waals surface area contributed by atoms with Crippen molar-refractivity contribution in [1.82, 2.24) is 0 Å². The highest BCUT2D eigenvalue weighted by molar-refractivity contribution is 5.11. The molecule has 0 rings (SSSR count). The van der Waals surface area contributed by atoms with Crippen LogP contribution in [0.2, 0.25) is 0 Å². The summed E-state index contributed by atoms with van der Waals surface area (Å²) in [4.78, 5) is 0. The zero-order chi connectivity index (χ0) is 10.9. The molecule has 0 radical (unpaired) electrons. The highest BCUT2D eigenvalue weighted by atomic mass is 16.3. The van der Waals surface area contributed by atoms with Gasteiger partial charge in [-0.3, -0.25) is 0 Å². The Labute approximate surface area is 87.3 Å². The summed E-state index contributed by atoms with van der Waals surface area (Å²) in [5.74, 6) is 5.74. The fourth-order valence-electron chi connectivity index (χ4n) is 1.20. The first-order valence-corrected chi connectivity index (χ1v) is 5.45. The van der Waals surface area contributed by atoms with Gasteiger partial charge in [0, 0.05) is 13.0 Å². The molecule has 2 heteroatoms. The fraction of sp³-hybridized carbons (Fsp3) is 0.833. The van der Waals surface area contributed by atoms with Crippen LogP contribution in [-0.4, -0.2) is 22.4 Å². The summed E-state index contributed by atoms with van der Waals surface area (Å²) >= 11 is 0. The van der Waals surface area contributed by atoms with Crippen LogP contribution in [-0.2, 0) is 0 Å². The third kappa shape index (κ3) is 8.10. The van der Waals surface area contributed by atoms with E-state index in [4.69, 9.17) is 5.11 Å². The van der Waals surface area contributed by atoms with E-state index >= 15 is 0 Å². The van der Waals surface area contributed by atoms with Gasteiger partial charge in [-0.15, -0.1) is 5.92 Å². The van der Waals surface area contributed by atoms with Crippen molar-refractivity contribution < 1.29 is 10.2 Å². The van der Waals surface area contributed by atoms with Crippen LogP contribution in [0.3, 0.4) is 0 Å². The molecule has 0 amide bonds. The standard InChI is InChI=1S/C12H22O2/c1-3-4-6-9-12(2,14)10-7-5-8-11-13/h13-14H,3-6,8-9,11H2,1-2H3. The minimum absolute atomic E-state index is 0.173. The van der Waals surface area contributed by atoms with E-state index in [0.29, 0.717) is 12.8 Å². The molecule has 1 unspecified atom stereocenters. The Hall–Kier alpha value is -0.520. The van der Waals surface area contributed by atoms with E-state index in [1.165, 1.54) is 0 Å². The number of hydrogen-bond donors (Lipinski definition) is 2. The quantitative estimate of drug-likeness (QED) is 0.507. The minimum Gasteiger partial charge on any atom is -0.396 e. The molecule has 0 aromatic heterocycles. The molecule has 14 heavy (non-hydrogen) atoms. The Morgan fingerprint density at radius 1 is 1.21 bits per heavy atom. The number of unbranched alkanes of at least 4 members (excludes halogenated alkanes) is 3. The van der Waals surface area contributed by atoms with Gasteiger partial charge >= 0.3 is 0 Å². The van der Waals surface area contributed by atoms with Crippen LogP contribution in [0.5, 0.6) is 0 Å². The van der Waals surface area contributed by atoms with Gasteiger partial charge in [-0.05, 0) is 26.2 Å². The molecule has 0 aromatic rings. The first-order chi connectivity index (χ1) is 6.62. The molecule has 0 fully saturated rings. The van der Waals surface area contributed by atoms with Crippen molar-refractivity contribution in [2.45, 2.75) is 58.0 Å². The molecule has 0 spiro atoms. The molecule has 1 atom stereocenters. The van der Waals surface area contributed by atoms with E-state index in [-0.39, 0.29) is 6.61 Å². The normalized spacial score (nSPS) is 14.3. The molecule has 0 saturated heterocycles. The van der Waals surface area contributed by atoms with Crippen molar-refractivity contribution in [3.8, 4) is 11.8 Å². The predicted molar refractivity (Wildman–Crippen MR) is 58.9 cm³/mol. The number of rotatable bonds is 6. The van der Waals surface area contributed by atoms with Gasteiger partial charge in [0.1, 0.15) is 5.60 Å². The van der Waals surface area contributed by atoms with Crippen LogP contribution in [0.4, 0.5) is 0 Å². The topological polar surface area (TPSA) is 40.5 Å². The van der Waals surface area contributed by atoms with Crippen LogP contribution in [0.1, 0.15) is 52.4 Å². The second kappa shape index (κ2) is 7.84. The van der Waals surface area contributed by atoms with Gasteiger partial charge in [-0.1, -0.05) is 25.7 Å². The van der Waals surface area contributed by atoms with Crippen molar-refractivity contribution in [1.29, 1.82) is 0 Å². The molecular formula is C12H22O2. The Balaban J connectivity index is 3.72. The SMILES string of the molecule is CCCCCC(C)(O)C#CCCCO. The van der Waals surface area contributed by atoms with Gasteiger partial charge in [-0.2, -0.15) is 0 Å². The minimum atomic E-state index is -0.843. The van der Waals surface area contributed by atoms with E-state index < -0.39 is 5.60 Å². The third-order valence-electron chi connectivity index (χ3n) is 2.08. The maximum atomic E-state index is 9.80. The largest absolute Gasteiger partial charge is 0.396 e. The lowest BCUT2D eigenvalue weighted by molar-refractivity contribution is 0.109. The van der Waals surface area contributed by atoms with Crippen molar-refractivity contribution in [3.63, 3.8) is 0 Å². The highest BCUT2D eigenvalue weighted by Crippen LogP contribution is 2.13. The number of hydrogen-bond acceptors (Lipinski definition) is 2. The Bertz CT molecular complexity index is 186. The molecule has 0 aromatic carbocycles. The molecule has 0 saturated carbocycles. The smallest absolute Gasteiger partial charge is 0.122 e. The van der Waals surface area contributed by atoms with Crippen molar-refractivity contribution >= 4 is 0 Å². The van der Waals surface area contributed by atoms with Gasteiger partial charge in [0.05, 0.1) is 0 Å². The van der Waals surface area contributed by atoms with E-state index in [1.54, 1.807) is 6.92 Å². The number of aliphatic hydroxyl groups excluding tert-OH is 1. The summed E-state index contributed by atoms with van der Waals surface area (Å²) in [5, 5.41) is 18.3. The fourth-order valence-corrected chi connectivity index (χ4v) is 1.20. The van der Waals surface area contributed by atoms with Crippen molar-refractivity contribution in [2.24, 2.45) is 0 Å². The maximum absolute atomic E-state index is 9.80. The summed E-state index contributed by atoms with van der Waals surface area (Å²) in [5.41, 5.74) is -0.843. The Morgan fingerprint density at radius 2 is 1.93 bits per heavy atom. The third-order valence-corrected chi connectivity index (χ3v) is 2.08. The molecule has 82 valence electrons. The highest BCUT2D eigenvalue weighted by Gasteiger charge is 2.15. The number of aliphatic hydroxyl groups is 2. The second-order valence-corrected chi connectivity index (χ2v) is 3.86. The van der Waals surface area contributed by atoms with Gasteiger partial charge < -0.3 is 10.2 Å². The van der Waals surface area contributed by atoms with Crippen LogP contribution in [0, 0.1) is 11.8 Å². The van der Waals surface area contributed by atoms with Crippen molar-refractivity contribution in [3.05, 3.63) is 0 Å². The summed E-state index contributed by atoms with van der Waals surface area (Å²) in [7, 11) is 0.